The summed E-state index contributed by atoms with van der Waals surface area (Å²) in [6, 6.07) is 0.457. The Hall–Kier alpha value is -0.980. The molecule has 1 aromatic rings. The second-order valence-corrected chi connectivity index (χ2v) is 5.29. The lowest BCUT2D eigenvalue weighted by atomic mass is 10.2. The van der Waals surface area contributed by atoms with E-state index in [9.17, 15) is 4.79 Å². The summed E-state index contributed by atoms with van der Waals surface area (Å²) in [6.45, 7) is 7.30. The first-order chi connectivity index (χ1) is 8.13. The lowest BCUT2D eigenvalue weighted by molar-refractivity contribution is -0.117. The third kappa shape index (κ3) is 3.76. The molecular formula is C11H18N4OS. The Morgan fingerprint density at radius 3 is 3.24 bits per heavy atom. The van der Waals surface area contributed by atoms with Crippen LogP contribution in [-0.2, 0) is 4.79 Å². The van der Waals surface area contributed by atoms with Gasteiger partial charge in [-0.05, 0) is 13.8 Å². The van der Waals surface area contributed by atoms with Gasteiger partial charge in [0, 0.05) is 31.1 Å². The molecule has 0 aliphatic carbocycles. The molecule has 0 saturated carbocycles. The number of amides is 1. The van der Waals surface area contributed by atoms with Crippen molar-refractivity contribution in [3.05, 3.63) is 11.1 Å². The maximum atomic E-state index is 11.8. The molecule has 1 fully saturated rings. The molecule has 1 aliphatic rings. The number of aromatic nitrogens is 1. The lowest BCUT2D eigenvalue weighted by Crippen LogP contribution is -2.51. The Bertz CT molecular complexity index is 393. The SMILES string of the molecule is Cc1csc(NC(=O)CN2CCN[C@H](C)C2)n1. The molecule has 94 valence electrons. The highest BCUT2D eigenvalue weighted by atomic mass is 32.1. The van der Waals surface area contributed by atoms with Crippen molar-refractivity contribution in [2.45, 2.75) is 19.9 Å². The van der Waals surface area contributed by atoms with E-state index < -0.39 is 0 Å². The molecule has 2 heterocycles. The van der Waals surface area contributed by atoms with Gasteiger partial charge in [0.15, 0.2) is 5.13 Å². The predicted octanol–water partition coefficient (Wildman–Crippen LogP) is 0.684. The number of rotatable bonds is 3. The van der Waals surface area contributed by atoms with Crippen LogP contribution in [0.2, 0.25) is 0 Å². The van der Waals surface area contributed by atoms with Gasteiger partial charge in [-0.2, -0.15) is 0 Å². The highest BCUT2D eigenvalue weighted by Gasteiger charge is 2.18. The van der Waals surface area contributed by atoms with Gasteiger partial charge < -0.3 is 10.6 Å². The Labute approximate surface area is 105 Å². The van der Waals surface area contributed by atoms with Gasteiger partial charge in [0.05, 0.1) is 12.2 Å². The van der Waals surface area contributed by atoms with E-state index >= 15 is 0 Å². The average Bonchev–Trinajstić information content (AvgIpc) is 2.63. The van der Waals surface area contributed by atoms with Crippen LogP contribution in [0.5, 0.6) is 0 Å². The second kappa shape index (κ2) is 5.57. The van der Waals surface area contributed by atoms with E-state index in [-0.39, 0.29) is 5.91 Å². The standard InChI is InChI=1S/C11H18N4OS/c1-8-5-15(4-3-12-8)6-10(16)14-11-13-9(2)7-17-11/h7-8,12H,3-6H2,1-2H3,(H,13,14,16)/t8-/m1/s1. The molecule has 1 atom stereocenters. The normalized spacial score (nSPS) is 21.4. The number of aryl methyl sites for hydroxylation is 1. The minimum absolute atomic E-state index is 0.0217. The molecule has 0 bridgehead atoms. The summed E-state index contributed by atoms with van der Waals surface area (Å²) < 4.78 is 0. The Kier molecular flexibility index (Phi) is 4.09. The molecule has 6 heteroatoms. The molecule has 0 aromatic carbocycles. The summed E-state index contributed by atoms with van der Waals surface area (Å²) in [6.07, 6.45) is 0. The number of nitrogens with zero attached hydrogens (tertiary/aromatic N) is 2. The average molecular weight is 254 g/mol. The van der Waals surface area contributed by atoms with E-state index in [1.165, 1.54) is 11.3 Å². The van der Waals surface area contributed by atoms with Crippen molar-refractivity contribution in [2.75, 3.05) is 31.5 Å². The summed E-state index contributed by atoms with van der Waals surface area (Å²) in [5.74, 6) is 0.0217. The molecule has 1 aliphatic heterocycles. The van der Waals surface area contributed by atoms with E-state index in [0.717, 1.165) is 25.3 Å². The smallest absolute Gasteiger partial charge is 0.240 e. The van der Waals surface area contributed by atoms with Gasteiger partial charge in [0.25, 0.3) is 0 Å². The van der Waals surface area contributed by atoms with E-state index in [2.05, 4.69) is 27.4 Å². The second-order valence-electron chi connectivity index (χ2n) is 4.43. The van der Waals surface area contributed by atoms with E-state index in [4.69, 9.17) is 0 Å². The topological polar surface area (TPSA) is 57.3 Å². The first-order valence-electron chi connectivity index (χ1n) is 5.81. The zero-order chi connectivity index (χ0) is 12.3. The highest BCUT2D eigenvalue weighted by Crippen LogP contribution is 2.14. The monoisotopic (exact) mass is 254 g/mol. The van der Waals surface area contributed by atoms with Crippen molar-refractivity contribution < 1.29 is 4.79 Å². The fraction of sp³-hybridized carbons (Fsp3) is 0.636. The van der Waals surface area contributed by atoms with E-state index in [0.29, 0.717) is 17.7 Å². The molecule has 1 saturated heterocycles. The number of anilines is 1. The lowest BCUT2D eigenvalue weighted by Gasteiger charge is -2.31. The van der Waals surface area contributed by atoms with Crippen molar-refractivity contribution >= 4 is 22.4 Å². The number of thiazole rings is 1. The van der Waals surface area contributed by atoms with E-state index in [1.807, 2.05) is 12.3 Å². The van der Waals surface area contributed by atoms with Crippen LogP contribution in [0.25, 0.3) is 0 Å². The maximum Gasteiger partial charge on any atom is 0.240 e. The molecule has 1 aromatic heterocycles. The molecule has 0 spiro atoms. The van der Waals surface area contributed by atoms with Crippen LogP contribution < -0.4 is 10.6 Å². The number of carbonyl (C=O) groups excluding carboxylic acids is 1. The fourth-order valence-corrected chi connectivity index (χ4v) is 2.63. The van der Waals surface area contributed by atoms with Gasteiger partial charge in [-0.25, -0.2) is 4.98 Å². The summed E-state index contributed by atoms with van der Waals surface area (Å²) in [7, 11) is 0. The fourth-order valence-electron chi connectivity index (χ4n) is 1.93. The number of nitrogens with one attached hydrogen (secondary N) is 2. The summed E-state index contributed by atoms with van der Waals surface area (Å²) in [5.41, 5.74) is 0.945. The predicted molar refractivity (Wildman–Crippen MR) is 69.4 cm³/mol. The Balaban J connectivity index is 1.80. The quantitative estimate of drug-likeness (QED) is 0.833. The molecule has 17 heavy (non-hydrogen) atoms. The highest BCUT2D eigenvalue weighted by molar-refractivity contribution is 7.13. The zero-order valence-electron chi connectivity index (χ0n) is 10.2. The molecule has 1 amide bonds. The van der Waals surface area contributed by atoms with Gasteiger partial charge in [0.1, 0.15) is 0 Å². The zero-order valence-corrected chi connectivity index (χ0v) is 11.0. The number of carbonyl (C=O) groups is 1. The van der Waals surface area contributed by atoms with Gasteiger partial charge in [-0.3, -0.25) is 9.69 Å². The van der Waals surface area contributed by atoms with Crippen LogP contribution in [0.4, 0.5) is 5.13 Å². The molecular weight excluding hydrogens is 236 g/mol. The summed E-state index contributed by atoms with van der Waals surface area (Å²) >= 11 is 1.47. The molecule has 5 nitrogen and oxygen atoms in total. The molecule has 0 unspecified atom stereocenters. The summed E-state index contributed by atoms with van der Waals surface area (Å²) in [5, 5.41) is 8.81. The van der Waals surface area contributed by atoms with Crippen molar-refractivity contribution in [2.24, 2.45) is 0 Å². The van der Waals surface area contributed by atoms with Crippen LogP contribution in [0.1, 0.15) is 12.6 Å². The van der Waals surface area contributed by atoms with Crippen molar-refractivity contribution in [3.8, 4) is 0 Å². The minimum atomic E-state index is 0.0217. The number of hydrogen-bond acceptors (Lipinski definition) is 5. The maximum absolute atomic E-state index is 11.8. The third-order valence-corrected chi connectivity index (χ3v) is 3.56. The van der Waals surface area contributed by atoms with Gasteiger partial charge in [-0.1, -0.05) is 0 Å². The van der Waals surface area contributed by atoms with Crippen LogP contribution >= 0.6 is 11.3 Å². The Morgan fingerprint density at radius 1 is 1.76 bits per heavy atom. The Morgan fingerprint density at radius 2 is 2.59 bits per heavy atom. The van der Waals surface area contributed by atoms with Gasteiger partial charge >= 0.3 is 0 Å². The number of hydrogen-bond donors (Lipinski definition) is 2. The van der Waals surface area contributed by atoms with Crippen LogP contribution in [-0.4, -0.2) is 48.0 Å². The van der Waals surface area contributed by atoms with Gasteiger partial charge in [0.2, 0.25) is 5.91 Å². The molecule has 2 N–H and O–H groups in total. The summed E-state index contributed by atoms with van der Waals surface area (Å²) in [4.78, 5) is 18.2. The minimum Gasteiger partial charge on any atom is -0.312 e. The van der Waals surface area contributed by atoms with Crippen LogP contribution in [0.3, 0.4) is 0 Å². The largest absolute Gasteiger partial charge is 0.312 e. The third-order valence-electron chi connectivity index (χ3n) is 2.69. The first-order valence-corrected chi connectivity index (χ1v) is 6.69. The van der Waals surface area contributed by atoms with Crippen molar-refractivity contribution in [1.82, 2.24) is 15.2 Å². The molecule has 0 radical (unpaired) electrons. The van der Waals surface area contributed by atoms with Crippen LogP contribution in [0, 0.1) is 6.92 Å². The number of piperazine rings is 1. The van der Waals surface area contributed by atoms with E-state index in [1.54, 1.807) is 0 Å². The van der Waals surface area contributed by atoms with Crippen LogP contribution in [0.15, 0.2) is 5.38 Å². The first kappa shape index (κ1) is 12.5. The van der Waals surface area contributed by atoms with Crippen molar-refractivity contribution in [1.29, 1.82) is 0 Å². The van der Waals surface area contributed by atoms with Crippen molar-refractivity contribution in [3.63, 3.8) is 0 Å². The van der Waals surface area contributed by atoms with Gasteiger partial charge in [-0.15, -0.1) is 11.3 Å². The molecule has 2 rings (SSSR count).